The molecule has 0 radical (unpaired) electrons. The van der Waals surface area contributed by atoms with Gasteiger partial charge in [0, 0.05) is 0 Å². The van der Waals surface area contributed by atoms with E-state index in [9.17, 15) is 4.79 Å². The second-order valence-electron chi connectivity index (χ2n) is 4.67. The van der Waals surface area contributed by atoms with Crippen LogP contribution in [-0.2, 0) is 4.79 Å². The summed E-state index contributed by atoms with van der Waals surface area (Å²) in [4.78, 5) is 10.7. The van der Waals surface area contributed by atoms with Crippen LogP contribution in [-0.4, -0.2) is 16.6 Å². The van der Waals surface area contributed by atoms with Crippen LogP contribution < -0.4 is 5.73 Å². The first-order valence-electron chi connectivity index (χ1n) is 5.14. The molecule has 0 atom stereocenters. The predicted molar refractivity (Wildman–Crippen MR) is 49.2 cm³/mol. The molecule has 0 aromatic rings. The first kappa shape index (κ1) is 9.00. The molecular formula is C10H17NO2. The number of hydrogen-bond acceptors (Lipinski definition) is 2. The van der Waals surface area contributed by atoms with Crippen molar-refractivity contribution in [2.24, 2.45) is 17.6 Å². The first-order chi connectivity index (χ1) is 6.12. The van der Waals surface area contributed by atoms with Gasteiger partial charge in [-0.15, -0.1) is 0 Å². The van der Waals surface area contributed by atoms with Gasteiger partial charge in [-0.1, -0.05) is 25.7 Å². The van der Waals surface area contributed by atoms with Crippen molar-refractivity contribution in [1.29, 1.82) is 0 Å². The van der Waals surface area contributed by atoms with Crippen LogP contribution in [0.4, 0.5) is 0 Å². The van der Waals surface area contributed by atoms with Gasteiger partial charge in [0.1, 0.15) is 5.54 Å². The van der Waals surface area contributed by atoms with E-state index in [1.165, 1.54) is 25.7 Å². The van der Waals surface area contributed by atoms with Crippen LogP contribution in [0.25, 0.3) is 0 Å². The number of carbonyl (C=O) groups is 1. The summed E-state index contributed by atoms with van der Waals surface area (Å²) in [7, 11) is 0. The zero-order valence-electron chi connectivity index (χ0n) is 7.83. The molecule has 0 saturated heterocycles. The molecule has 0 aromatic carbocycles. The molecule has 0 bridgehead atoms. The third-order valence-electron chi connectivity index (χ3n) is 3.75. The van der Waals surface area contributed by atoms with Crippen molar-refractivity contribution in [2.45, 2.75) is 44.1 Å². The number of nitrogens with two attached hydrogens (primary N) is 1. The smallest absolute Gasteiger partial charge is 0.323 e. The number of rotatable bonds is 2. The van der Waals surface area contributed by atoms with E-state index in [2.05, 4.69) is 0 Å². The van der Waals surface area contributed by atoms with Gasteiger partial charge in [-0.25, -0.2) is 0 Å². The van der Waals surface area contributed by atoms with E-state index < -0.39 is 11.5 Å². The minimum absolute atomic E-state index is 0.601. The molecule has 2 aliphatic rings. The maximum Gasteiger partial charge on any atom is 0.323 e. The zero-order valence-corrected chi connectivity index (χ0v) is 7.83. The monoisotopic (exact) mass is 183 g/mol. The van der Waals surface area contributed by atoms with Gasteiger partial charge in [0.15, 0.2) is 0 Å². The van der Waals surface area contributed by atoms with E-state index in [0.29, 0.717) is 18.8 Å². The van der Waals surface area contributed by atoms with Gasteiger partial charge in [0.25, 0.3) is 0 Å². The van der Waals surface area contributed by atoms with E-state index in [1.54, 1.807) is 0 Å². The average Bonchev–Trinajstić information content (AvgIpc) is 2.49. The molecule has 0 spiro atoms. The quantitative estimate of drug-likeness (QED) is 0.679. The Labute approximate surface area is 78.3 Å². The largest absolute Gasteiger partial charge is 0.480 e. The molecule has 3 N–H and O–H groups in total. The first-order valence-corrected chi connectivity index (χ1v) is 5.14. The van der Waals surface area contributed by atoms with Crippen molar-refractivity contribution in [1.82, 2.24) is 0 Å². The van der Waals surface area contributed by atoms with Gasteiger partial charge in [0.2, 0.25) is 0 Å². The van der Waals surface area contributed by atoms with Crippen molar-refractivity contribution < 1.29 is 9.90 Å². The molecule has 0 amide bonds. The minimum Gasteiger partial charge on any atom is -0.480 e. The Balaban J connectivity index is 1.86. The van der Waals surface area contributed by atoms with Gasteiger partial charge in [-0.05, 0) is 24.7 Å². The molecule has 2 aliphatic carbocycles. The highest BCUT2D eigenvalue weighted by molar-refractivity contribution is 5.79. The second kappa shape index (κ2) is 2.98. The highest BCUT2D eigenvalue weighted by atomic mass is 16.4. The number of carboxylic acids is 1. The Kier molecular flexibility index (Phi) is 2.06. The van der Waals surface area contributed by atoms with Crippen molar-refractivity contribution in [2.75, 3.05) is 0 Å². The number of carboxylic acid groups (broad SMARTS) is 1. The van der Waals surface area contributed by atoms with E-state index in [1.807, 2.05) is 0 Å². The van der Waals surface area contributed by atoms with Crippen molar-refractivity contribution in [3.63, 3.8) is 0 Å². The Morgan fingerprint density at radius 3 is 2.23 bits per heavy atom. The van der Waals surface area contributed by atoms with Crippen LogP contribution in [0, 0.1) is 11.8 Å². The summed E-state index contributed by atoms with van der Waals surface area (Å²) in [5.74, 6) is 0.557. The molecule has 0 unspecified atom stereocenters. The van der Waals surface area contributed by atoms with Crippen LogP contribution in [0.3, 0.4) is 0 Å². The molecule has 0 aliphatic heterocycles. The molecule has 2 rings (SSSR count). The fraction of sp³-hybridized carbons (Fsp3) is 0.900. The summed E-state index contributed by atoms with van der Waals surface area (Å²) < 4.78 is 0. The highest BCUT2D eigenvalue weighted by Gasteiger charge is 2.49. The molecule has 3 heteroatoms. The maximum absolute atomic E-state index is 10.7. The predicted octanol–water partition coefficient (Wildman–Crippen LogP) is 1.37. The van der Waals surface area contributed by atoms with Crippen LogP contribution >= 0.6 is 0 Å². The van der Waals surface area contributed by atoms with Crippen LogP contribution in [0.1, 0.15) is 38.5 Å². The molecule has 0 heterocycles. The molecule has 2 saturated carbocycles. The molecule has 13 heavy (non-hydrogen) atoms. The maximum atomic E-state index is 10.7. The summed E-state index contributed by atoms with van der Waals surface area (Å²) in [6.07, 6.45) is 6.64. The normalized spacial score (nSPS) is 40.2. The summed E-state index contributed by atoms with van der Waals surface area (Å²) in [5.41, 5.74) is 4.82. The lowest BCUT2D eigenvalue weighted by molar-refractivity contribution is -0.149. The van der Waals surface area contributed by atoms with Gasteiger partial charge >= 0.3 is 5.97 Å². The van der Waals surface area contributed by atoms with Crippen molar-refractivity contribution in [3.8, 4) is 0 Å². The van der Waals surface area contributed by atoms with E-state index in [4.69, 9.17) is 10.8 Å². The second-order valence-corrected chi connectivity index (χ2v) is 4.67. The summed E-state index contributed by atoms with van der Waals surface area (Å²) >= 11 is 0. The SMILES string of the molecule is NC1(C(=O)O)CC(C2CCCC2)C1. The lowest BCUT2D eigenvalue weighted by Gasteiger charge is -2.44. The summed E-state index contributed by atoms with van der Waals surface area (Å²) in [6, 6.07) is 0. The van der Waals surface area contributed by atoms with Gasteiger partial charge in [-0.3, -0.25) is 4.79 Å². The van der Waals surface area contributed by atoms with Gasteiger partial charge < -0.3 is 10.8 Å². The van der Waals surface area contributed by atoms with E-state index in [0.717, 1.165) is 5.92 Å². The van der Waals surface area contributed by atoms with Crippen molar-refractivity contribution >= 4 is 5.97 Å². The van der Waals surface area contributed by atoms with Crippen LogP contribution in [0.15, 0.2) is 0 Å². The van der Waals surface area contributed by atoms with Crippen LogP contribution in [0.2, 0.25) is 0 Å². The minimum atomic E-state index is -0.882. The third-order valence-corrected chi connectivity index (χ3v) is 3.75. The Morgan fingerprint density at radius 1 is 1.23 bits per heavy atom. The Morgan fingerprint density at radius 2 is 1.77 bits per heavy atom. The molecule has 74 valence electrons. The topological polar surface area (TPSA) is 63.3 Å². The fourth-order valence-electron chi connectivity index (χ4n) is 2.81. The number of hydrogen-bond donors (Lipinski definition) is 2. The van der Waals surface area contributed by atoms with Crippen LogP contribution in [0.5, 0.6) is 0 Å². The Bertz CT molecular complexity index is 215. The van der Waals surface area contributed by atoms with Crippen molar-refractivity contribution in [3.05, 3.63) is 0 Å². The van der Waals surface area contributed by atoms with Gasteiger partial charge in [-0.2, -0.15) is 0 Å². The average molecular weight is 183 g/mol. The molecule has 2 fully saturated rings. The Hall–Kier alpha value is -0.570. The van der Waals surface area contributed by atoms with Gasteiger partial charge in [0.05, 0.1) is 0 Å². The summed E-state index contributed by atoms with van der Waals surface area (Å²) in [5, 5.41) is 8.83. The lowest BCUT2D eigenvalue weighted by Crippen LogP contribution is -2.59. The zero-order chi connectivity index (χ0) is 9.47. The molecule has 0 aromatic heterocycles. The third kappa shape index (κ3) is 1.46. The summed E-state index contributed by atoms with van der Waals surface area (Å²) in [6.45, 7) is 0. The lowest BCUT2D eigenvalue weighted by atomic mass is 9.63. The molecular weight excluding hydrogens is 166 g/mol. The standard InChI is InChI=1S/C10H17NO2/c11-10(9(12)13)5-8(6-10)7-3-1-2-4-7/h7-8H,1-6,11H2,(H,12,13). The highest BCUT2D eigenvalue weighted by Crippen LogP contribution is 2.46. The van der Waals surface area contributed by atoms with E-state index in [-0.39, 0.29) is 0 Å². The fourth-order valence-corrected chi connectivity index (χ4v) is 2.81. The van der Waals surface area contributed by atoms with E-state index >= 15 is 0 Å². The number of aliphatic carboxylic acids is 1. The molecule has 3 nitrogen and oxygen atoms in total.